The quantitative estimate of drug-likeness (QED) is 0.313. The number of hydrogen-bond donors (Lipinski definition) is 3. The number of sulfonamides is 1. The van der Waals surface area contributed by atoms with Crippen molar-refractivity contribution in [3.8, 4) is 0 Å². The number of rotatable bonds is 6. The average molecular weight is 433 g/mol. The Bertz CT molecular complexity index is 1320. The van der Waals surface area contributed by atoms with Crippen LogP contribution in [0, 0.1) is 0 Å². The van der Waals surface area contributed by atoms with E-state index in [1.165, 1.54) is 0 Å². The molecule has 0 saturated heterocycles. The van der Waals surface area contributed by atoms with Crippen LogP contribution in [0.4, 0.5) is 5.69 Å². The van der Waals surface area contributed by atoms with Crippen LogP contribution < -0.4 is 10.2 Å². The topological polar surface area (TPSA) is 95.5 Å². The SMILES string of the molecule is O=C(NO)C(c1ccccc1)c1ccc(NS(=O)(=O)c2cccc3ccccc23)cc1. The third kappa shape index (κ3) is 4.28. The first-order valence-electron chi connectivity index (χ1n) is 9.59. The lowest BCUT2D eigenvalue weighted by Crippen LogP contribution is -2.27. The normalized spacial score (nSPS) is 12.3. The summed E-state index contributed by atoms with van der Waals surface area (Å²) in [5.74, 6) is -1.30. The van der Waals surface area contributed by atoms with Gasteiger partial charge in [-0.2, -0.15) is 0 Å². The summed E-state index contributed by atoms with van der Waals surface area (Å²) in [5, 5.41) is 10.6. The molecule has 1 amide bonds. The van der Waals surface area contributed by atoms with Crippen molar-refractivity contribution in [2.75, 3.05) is 4.72 Å². The summed E-state index contributed by atoms with van der Waals surface area (Å²) in [6, 6.07) is 28.0. The maximum Gasteiger partial charge on any atom is 0.262 e. The molecule has 6 nitrogen and oxygen atoms in total. The molecule has 0 aliphatic carbocycles. The first-order valence-corrected chi connectivity index (χ1v) is 11.1. The number of fused-ring (bicyclic) bond motifs is 1. The highest BCUT2D eigenvalue weighted by Gasteiger charge is 2.23. The van der Waals surface area contributed by atoms with Crippen molar-refractivity contribution < 1.29 is 18.4 Å². The van der Waals surface area contributed by atoms with Crippen LogP contribution in [0.5, 0.6) is 0 Å². The van der Waals surface area contributed by atoms with Gasteiger partial charge in [0.05, 0.1) is 10.8 Å². The van der Waals surface area contributed by atoms with Crippen LogP contribution >= 0.6 is 0 Å². The van der Waals surface area contributed by atoms with Gasteiger partial charge in [-0.3, -0.25) is 14.7 Å². The van der Waals surface area contributed by atoms with Crippen molar-refractivity contribution in [3.63, 3.8) is 0 Å². The van der Waals surface area contributed by atoms with Crippen molar-refractivity contribution in [3.05, 3.63) is 108 Å². The van der Waals surface area contributed by atoms with Crippen LogP contribution in [-0.2, 0) is 14.8 Å². The molecule has 0 fully saturated rings. The predicted octanol–water partition coefficient (Wildman–Crippen LogP) is 4.28. The van der Waals surface area contributed by atoms with Crippen molar-refractivity contribution in [1.29, 1.82) is 0 Å². The van der Waals surface area contributed by atoms with E-state index >= 15 is 0 Å². The van der Waals surface area contributed by atoms with E-state index in [2.05, 4.69) is 4.72 Å². The van der Waals surface area contributed by atoms with E-state index in [4.69, 9.17) is 5.21 Å². The van der Waals surface area contributed by atoms with Crippen LogP contribution in [0.15, 0.2) is 102 Å². The lowest BCUT2D eigenvalue weighted by molar-refractivity contribution is -0.129. The third-order valence-electron chi connectivity index (χ3n) is 5.04. The van der Waals surface area contributed by atoms with E-state index in [0.717, 1.165) is 5.39 Å². The molecule has 4 aromatic rings. The molecule has 1 atom stereocenters. The molecular weight excluding hydrogens is 412 g/mol. The Morgan fingerprint density at radius 2 is 1.35 bits per heavy atom. The second-order valence-corrected chi connectivity index (χ2v) is 8.68. The first kappa shape index (κ1) is 20.6. The molecule has 0 spiro atoms. The molecule has 1 unspecified atom stereocenters. The Hall–Kier alpha value is -3.68. The van der Waals surface area contributed by atoms with Gasteiger partial charge in [-0.15, -0.1) is 0 Å². The maximum absolute atomic E-state index is 13.0. The van der Waals surface area contributed by atoms with Crippen molar-refractivity contribution >= 4 is 32.4 Å². The number of carbonyl (C=O) groups is 1. The van der Waals surface area contributed by atoms with Crippen molar-refractivity contribution in [2.45, 2.75) is 10.8 Å². The summed E-state index contributed by atoms with van der Waals surface area (Å²) in [6.07, 6.45) is 0. The van der Waals surface area contributed by atoms with E-state index in [1.54, 1.807) is 78.3 Å². The molecule has 0 heterocycles. The molecule has 0 aliphatic rings. The number of nitrogens with one attached hydrogen (secondary N) is 2. The van der Waals surface area contributed by atoms with E-state index in [-0.39, 0.29) is 4.90 Å². The number of benzene rings is 4. The summed E-state index contributed by atoms with van der Waals surface area (Å²) >= 11 is 0. The largest absolute Gasteiger partial charge is 0.289 e. The molecule has 0 aromatic heterocycles. The fourth-order valence-corrected chi connectivity index (χ4v) is 4.88. The zero-order valence-corrected chi connectivity index (χ0v) is 17.2. The second kappa shape index (κ2) is 8.59. The van der Waals surface area contributed by atoms with Crippen molar-refractivity contribution in [2.24, 2.45) is 0 Å². The molecule has 3 N–H and O–H groups in total. The molecule has 7 heteroatoms. The Kier molecular flexibility index (Phi) is 5.70. The van der Waals surface area contributed by atoms with Crippen LogP contribution in [-0.4, -0.2) is 19.5 Å². The lowest BCUT2D eigenvalue weighted by atomic mass is 9.90. The number of amides is 1. The zero-order valence-electron chi connectivity index (χ0n) is 16.4. The second-order valence-electron chi connectivity index (χ2n) is 7.02. The van der Waals surface area contributed by atoms with Gasteiger partial charge in [-0.25, -0.2) is 13.9 Å². The van der Waals surface area contributed by atoms with Crippen LogP contribution in [0.3, 0.4) is 0 Å². The molecule has 156 valence electrons. The first-order chi connectivity index (χ1) is 15.0. The van der Waals surface area contributed by atoms with Gasteiger partial charge in [-0.05, 0) is 34.7 Å². The smallest absolute Gasteiger partial charge is 0.262 e. The standard InChI is InChI=1S/C24H20N2O4S/c27-24(25-28)23(18-8-2-1-3-9-18)19-13-15-20(16-14-19)26-31(29,30)22-12-6-10-17-7-4-5-11-21(17)22/h1-16,23,26,28H,(H,25,27). The van der Waals surface area contributed by atoms with E-state index < -0.39 is 21.8 Å². The molecule has 0 bridgehead atoms. The molecule has 4 aromatic carbocycles. The summed E-state index contributed by atoms with van der Waals surface area (Å²) in [7, 11) is -3.82. The van der Waals surface area contributed by atoms with Gasteiger partial charge in [0.2, 0.25) is 0 Å². The molecule has 4 rings (SSSR count). The summed E-state index contributed by atoms with van der Waals surface area (Å²) in [6.45, 7) is 0. The number of hydroxylamine groups is 1. The van der Waals surface area contributed by atoms with Gasteiger partial charge < -0.3 is 0 Å². The fourth-order valence-electron chi connectivity index (χ4n) is 3.59. The summed E-state index contributed by atoms with van der Waals surface area (Å²) in [5.41, 5.74) is 3.39. The maximum atomic E-state index is 13.0. The average Bonchev–Trinajstić information content (AvgIpc) is 2.80. The van der Waals surface area contributed by atoms with Gasteiger partial charge in [-0.1, -0.05) is 78.9 Å². The van der Waals surface area contributed by atoms with E-state index in [9.17, 15) is 13.2 Å². The molecule has 0 radical (unpaired) electrons. The summed E-state index contributed by atoms with van der Waals surface area (Å²) < 4.78 is 28.6. The number of anilines is 1. The van der Waals surface area contributed by atoms with Crippen LogP contribution in [0.25, 0.3) is 10.8 Å². The van der Waals surface area contributed by atoms with Crippen LogP contribution in [0.1, 0.15) is 17.0 Å². The minimum absolute atomic E-state index is 0.191. The minimum atomic E-state index is -3.82. The molecule has 31 heavy (non-hydrogen) atoms. The monoisotopic (exact) mass is 432 g/mol. The number of carbonyl (C=O) groups excluding carboxylic acids is 1. The Morgan fingerprint density at radius 3 is 2.06 bits per heavy atom. The van der Waals surface area contributed by atoms with E-state index in [0.29, 0.717) is 22.2 Å². The highest BCUT2D eigenvalue weighted by molar-refractivity contribution is 7.93. The highest BCUT2D eigenvalue weighted by atomic mass is 32.2. The van der Waals surface area contributed by atoms with Crippen molar-refractivity contribution in [1.82, 2.24) is 5.48 Å². The lowest BCUT2D eigenvalue weighted by Gasteiger charge is -2.17. The predicted molar refractivity (Wildman–Crippen MR) is 119 cm³/mol. The molecule has 0 saturated carbocycles. The Morgan fingerprint density at radius 1 is 0.742 bits per heavy atom. The van der Waals surface area contributed by atoms with Crippen LogP contribution in [0.2, 0.25) is 0 Å². The molecule has 0 aliphatic heterocycles. The van der Waals surface area contributed by atoms with Gasteiger partial charge >= 0.3 is 0 Å². The van der Waals surface area contributed by atoms with Gasteiger partial charge in [0.25, 0.3) is 15.9 Å². The molecular formula is C24H20N2O4S. The van der Waals surface area contributed by atoms with Gasteiger partial charge in [0.1, 0.15) is 0 Å². The van der Waals surface area contributed by atoms with Gasteiger partial charge in [0.15, 0.2) is 0 Å². The fraction of sp³-hybridized carbons (Fsp3) is 0.0417. The minimum Gasteiger partial charge on any atom is -0.289 e. The van der Waals surface area contributed by atoms with E-state index in [1.807, 2.05) is 24.3 Å². The zero-order chi connectivity index (χ0) is 21.8. The highest BCUT2D eigenvalue weighted by Crippen LogP contribution is 2.28. The summed E-state index contributed by atoms with van der Waals surface area (Å²) in [4.78, 5) is 12.5. The Balaban J connectivity index is 1.64. The Labute approximate surface area is 180 Å². The number of hydrogen-bond acceptors (Lipinski definition) is 4. The van der Waals surface area contributed by atoms with Gasteiger partial charge in [0, 0.05) is 11.1 Å². The third-order valence-corrected chi connectivity index (χ3v) is 6.48.